The number of nitrogens with zero attached hydrogens (tertiary/aromatic N) is 1. The van der Waals surface area contributed by atoms with Crippen molar-refractivity contribution in [2.45, 2.75) is 143 Å². The molecule has 2 atom stereocenters. The van der Waals surface area contributed by atoms with E-state index in [2.05, 4.69) is 17.6 Å². The van der Waals surface area contributed by atoms with Crippen LogP contribution >= 0.6 is 0 Å². The second kappa shape index (κ2) is 16.6. The second-order valence-electron chi connectivity index (χ2n) is 12.9. The van der Waals surface area contributed by atoms with Crippen LogP contribution in [0.1, 0.15) is 129 Å². The lowest BCUT2D eigenvalue weighted by Gasteiger charge is -2.36. The Bertz CT molecular complexity index is 934. The van der Waals surface area contributed by atoms with E-state index >= 15 is 0 Å². The molecule has 1 aliphatic rings. The number of rotatable bonds is 14. The Morgan fingerprint density at radius 2 is 1.70 bits per heavy atom. The summed E-state index contributed by atoms with van der Waals surface area (Å²) in [5.41, 5.74) is 1.16. The molecular formula is C33H55N3O4. The van der Waals surface area contributed by atoms with Crippen LogP contribution in [0.2, 0.25) is 0 Å². The number of nitrogens with one attached hydrogen (secondary N) is 2. The standard InChI is InChI=1S/C33H55N3O4/c1-8-9-10-11-15-21-36(31(38)28(22-24(2)3)35-32(39)40-33(5,6)7)29(26-18-16-17-25(4)23-26)30(37)34-27-19-13-12-14-20-27/h16-18,23-24,27-29H,8-15,19-22H2,1-7H3,(H,34,37)(H,35,39). The monoisotopic (exact) mass is 557 g/mol. The van der Waals surface area contributed by atoms with Gasteiger partial charge in [0.15, 0.2) is 0 Å². The molecule has 2 N–H and O–H groups in total. The summed E-state index contributed by atoms with van der Waals surface area (Å²) in [5.74, 6) is -0.218. The van der Waals surface area contributed by atoms with Crippen molar-refractivity contribution in [3.05, 3.63) is 35.4 Å². The van der Waals surface area contributed by atoms with Crippen molar-refractivity contribution in [3.8, 4) is 0 Å². The number of benzene rings is 1. The number of carbonyl (C=O) groups is 3. The van der Waals surface area contributed by atoms with Gasteiger partial charge in [-0.3, -0.25) is 9.59 Å². The first-order valence-corrected chi connectivity index (χ1v) is 15.6. The van der Waals surface area contributed by atoms with E-state index in [9.17, 15) is 14.4 Å². The van der Waals surface area contributed by atoms with Gasteiger partial charge in [0.05, 0.1) is 0 Å². The largest absolute Gasteiger partial charge is 0.444 e. The number of carbonyl (C=O) groups excluding carboxylic acids is 3. The van der Waals surface area contributed by atoms with Crippen molar-refractivity contribution in [1.82, 2.24) is 15.5 Å². The van der Waals surface area contributed by atoms with Crippen LogP contribution < -0.4 is 10.6 Å². The zero-order valence-corrected chi connectivity index (χ0v) is 26.2. The van der Waals surface area contributed by atoms with E-state index in [4.69, 9.17) is 4.74 Å². The molecule has 40 heavy (non-hydrogen) atoms. The highest BCUT2D eigenvalue weighted by Crippen LogP contribution is 2.27. The summed E-state index contributed by atoms with van der Waals surface area (Å²) < 4.78 is 5.51. The maximum atomic E-state index is 14.4. The van der Waals surface area contributed by atoms with Gasteiger partial charge in [-0.15, -0.1) is 0 Å². The fourth-order valence-electron chi connectivity index (χ4n) is 5.44. The van der Waals surface area contributed by atoms with Crippen molar-refractivity contribution in [2.75, 3.05) is 6.54 Å². The van der Waals surface area contributed by atoms with E-state index in [-0.39, 0.29) is 23.8 Å². The van der Waals surface area contributed by atoms with Crippen LogP contribution in [0.3, 0.4) is 0 Å². The topological polar surface area (TPSA) is 87.7 Å². The van der Waals surface area contributed by atoms with Crippen LogP contribution in [0.15, 0.2) is 24.3 Å². The molecule has 2 rings (SSSR count). The van der Waals surface area contributed by atoms with Gasteiger partial charge in [-0.1, -0.05) is 95.5 Å². The van der Waals surface area contributed by atoms with E-state index in [1.807, 2.05) is 45.0 Å². The molecule has 3 amide bonds. The Labute approximate surface area is 243 Å². The zero-order valence-electron chi connectivity index (χ0n) is 26.2. The molecule has 226 valence electrons. The van der Waals surface area contributed by atoms with Gasteiger partial charge in [-0.05, 0) is 64.9 Å². The molecule has 0 aromatic heterocycles. The van der Waals surface area contributed by atoms with Gasteiger partial charge in [-0.25, -0.2) is 4.79 Å². The number of alkyl carbamates (subject to hydrolysis) is 1. The highest BCUT2D eigenvalue weighted by Gasteiger charge is 2.37. The third-order valence-corrected chi connectivity index (χ3v) is 7.35. The predicted octanol–water partition coefficient (Wildman–Crippen LogP) is 7.22. The minimum atomic E-state index is -0.791. The van der Waals surface area contributed by atoms with Crippen molar-refractivity contribution in [3.63, 3.8) is 0 Å². The number of unbranched alkanes of at least 4 members (excludes halogenated alkanes) is 4. The normalized spacial score (nSPS) is 15.8. The summed E-state index contributed by atoms with van der Waals surface area (Å²) >= 11 is 0. The molecular weight excluding hydrogens is 502 g/mol. The summed E-state index contributed by atoms with van der Waals surface area (Å²) in [6, 6.07) is 6.45. The number of aryl methyl sites for hydroxylation is 1. The van der Waals surface area contributed by atoms with Crippen LogP contribution in [0.4, 0.5) is 4.79 Å². The van der Waals surface area contributed by atoms with E-state index in [0.29, 0.717) is 13.0 Å². The molecule has 0 spiro atoms. The smallest absolute Gasteiger partial charge is 0.408 e. The molecule has 7 nitrogen and oxygen atoms in total. The quantitative estimate of drug-likeness (QED) is 0.236. The summed E-state index contributed by atoms with van der Waals surface area (Å²) in [6.45, 7) is 14.1. The Morgan fingerprint density at radius 1 is 1.02 bits per heavy atom. The third kappa shape index (κ3) is 11.9. The number of hydrogen-bond donors (Lipinski definition) is 2. The molecule has 1 saturated carbocycles. The summed E-state index contributed by atoms with van der Waals surface area (Å²) in [6.07, 6.45) is 10.3. The molecule has 0 aliphatic heterocycles. The fourth-order valence-corrected chi connectivity index (χ4v) is 5.44. The van der Waals surface area contributed by atoms with Crippen molar-refractivity contribution in [2.24, 2.45) is 5.92 Å². The summed E-state index contributed by atoms with van der Waals surface area (Å²) in [7, 11) is 0. The Morgan fingerprint density at radius 3 is 2.30 bits per heavy atom. The molecule has 2 unspecified atom stereocenters. The molecule has 0 saturated heterocycles. The molecule has 0 heterocycles. The number of ether oxygens (including phenoxy) is 1. The van der Waals surface area contributed by atoms with Gasteiger partial charge in [0.2, 0.25) is 11.8 Å². The summed E-state index contributed by atoms with van der Waals surface area (Å²) in [5, 5.41) is 6.14. The van der Waals surface area contributed by atoms with Crippen LogP contribution in [0.5, 0.6) is 0 Å². The molecule has 7 heteroatoms. The van der Waals surface area contributed by atoms with Crippen molar-refractivity contribution < 1.29 is 19.1 Å². The van der Waals surface area contributed by atoms with Crippen molar-refractivity contribution >= 4 is 17.9 Å². The minimum Gasteiger partial charge on any atom is -0.444 e. The van der Waals surface area contributed by atoms with E-state index < -0.39 is 23.8 Å². The predicted molar refractivity (Wildman–Crippen MR) is 162 cm³/mol. The Balaban J connectivity index is 2.45. The minimum absolute atomic E-state index is 0.126. The van der Waals surface area contributed by atoms with Crippen LogP contribution in [0.25, 0.3) is 0 Å². The van der Waals surface area contributed by atoms with Gasteiger partial charge in [-0.2, -0.15) is 0 Å². The molecule has 0 bridgehead atoms. The molecule has 1 aromatic rings. The molecule has 1 aliphatic carbocycles. The molecule has 1 fully saturated rings. The molecule has 1 aromatic carbocycles. The Kier molecular flexibility index (Phi) is 14.0. The van der Waals surface area contributed by atoms with Crippen LogP contribution in [-0.4, -0.2) is 47.0 Å². The second-order valence-corrected chi connectivity index (χ2v) is 12.9. The lowest BCUT2D eigenvalue weighted by atomic mass is 9.94. The van der Waals surface area contributed by atoms with Gasteiger partial charge in [0.25, 0.3) is 0 Å². The summed E-state index contributed by atoms with van der Waals surface area (Å²) in [4.78, 5) is 42.9. The first-order chi connectivity index (χ1) is 18.9. The van der Waals surface area contributed by atoms with Gasteiger partial charge in [0, 0.05) is 12.6 Å². The number of hydrogen-bond acceptors (Lipinski definition) is 4. The third-order valence-electron chi connectivity index (χ3n) is 7.35. The zero-order chi connectivity index (χ0) is 29.7. The van der Waals surface area contributed by atoms with E-state index in [0.717, 1.165) is 68.9 Å². The van der Waals surface area contributed by atoms with Crippen LogP contribution in [0, 0.1) is 12.8 Å². The highest BCUT2D eigenvalue weighted by atomic mass is 16.6. The van der Waals surface area contributed by atoms with E-state index in [1.54, 1.807) is 25.7 Å². The lowest BCUT2D eigenvalue weighted by molar-refractivity contribution is -0.143. The first-order valence-electron chi connectivity index (χ1n) is 15.6. The maximum absolute atomic E-state index is 14.4. The number of amides is 3. The maximum Gasteiger partial charge on any atom is 0.408 e. The van der Waals surface area contributed by atoms with Gasteiger partial charge >= 0.3 is 6.09 Å². The van der Waals surface area contributed by atoms with Gasteiger partial charge in [0.1, 0.15) is 17.7 Å². The lowest BCUT2D eigenvalue weighted by Crippen LogP contribution is -2.54. The van der Waals surface area contributed by atoms with Gasteiger partial charge < -0.3 is 20.3 Å². The average Bonchev–Trinajstić information content (AvgIpc) is 2.86. The average molecular weight is 558 g/mol. The van der Waals surface area contributed by atoms with E-state index in [1.165, 1.54) is 6.42 Å². The van der Waals surface area contributed by atoms with Crippen LogP contribution in [-0.2, 0) is 14.3 Å². The van der Waals surface area contributed by atoms with Crippen molar-refractivity contribution in [1.29, 1.82) is 0 Å². The SMILES string of the molecule is CCCCCCCN(C(=O)C(CC(C)C)NC(=O)OC(C)(C)C)C(C(=O)NC1CCCCC1)c1cccc(C)c1. The first kappa shape index (κ1) is 33.6. The molecule has 0 radical (unpaired) electrons. The fraction of sp³-hybridized carbons (Fsp3) is 0.727. The highest BCUT2D eigenvalue weighted by molar-refractivity contribution is 5.92. The Hall–Kier alpha value is -2.57.